The molecule has 1 heterocycles. The molecule has 34 heavy (non-hydrogen) atoms. The lowest BCUT2D eigenvalue weighted by molar-refractivity contribution is 0.587. The first kappa shape index (κ1) is 22.3. The van der Waals surface area contributed by atoms with E-state index in [1.54, 1.807) is 0 Å². The lowest BCUT2D eigenvalue weighted by Crippen LogP contribution is -2.09. The van der Waals surface area contributed by atoms with Gasteiger partial charge in [0.05, 0.1) is 11.0 Å². The van der Waals surface area contributed by atoms with E-state index in [0.717, 1.165) is 18.8 Å². The van der Waals surface area contributed by atoms with Crippen LogP contribution < -0.4 is 4.90 Å². The minimum absolute atomic E-state index is 0.719. The summed E-state index contributed by atoms with van der Waals surface area (Å²) in [6, 6.07) is 33.5. The van der Waals surface area contributed by atoms with Crippen molar-refractivity contribution in [1.82, 2.24) is 4.57 Å². The van der Waals surface area contributed by atoms with Crippen LogP contribution in [0.3, 0.4) is 0 Å². The van der Waals surface area contributed by atoms with Crippen molar-refractivity contribution in [3.05, 3.63) is 102 Å². The Morgan fingerprint density at radius 3 is 1.91 bits per heavy atom. The highest BCUT2D eigenvalue weighted by Crippen LogP contribution is 2.34. The van der Waals surface area contributed by atoms with Crippen LogP contribution in [-0.2, 0) is 12.8 Å². The summed E-state index contributed by atoms with van der Waals surface area (Å²) in [6.07, 6.45) is 3.41. The highest BCUT2D eigenvalue weighted by Gasteiger charge is 2.14. The van der Waals surface area contributed by atoms with E-state index in [1.807, 2.05) is 0 Å². The fraction of sp³-hybridized carbons (Fsp3) is 0.250. The molecule has 1 aromatic heterocycles. The monoisotopic (exact) mass is 446 g/mol. The summed E-state index contributed by atoms with van der Waals surface area (Å²) in [5.41, 5.74) is 8.94. The normalized spacial score (nSPS) is 11.6. The SMILES string of the molecule is CCc1ccc2c(c1)c1cc(CCC(C)C)ccc1n2-c1ccc(N(C)c2ccccc2)cc1. The molecule has 0 spiro atoms. The van der Waals surface area contributed by atoms with Crippen LogP contribution in [0.25, 0.3) is 27.5 Å². The highest BCUT2D eigenvalue weighted by molar-refractivity contribution is 6.09. The predicted octanol–water partition coefficient (Wildman–Crippen LogP) is 8.70. The van der Waals surface area contributed by atoms with Crippen molar-refractivity contribution >= 4 is 33.2 Å². The molecule has 0 aliphatic carbocycles. The molecule has 0 radical (unpaired) electrons. The number of benzene rings is 4. The zero-order valence-electron chi connectivity index (χ0n) is 20.8. The Labute approximate surface area is 203 Å². The Bertz CT molecular complexity index is 1410. The smallest absolute Gasteiger partial charge is 0.0541 e. The fourth-order valence-corrected chi connectivity index (χ4v) is 4.85. The molecule has 0 amide bonds. The first-order valence-corrected chi connectivity index (χ1v) is 12.5. The third-order valence-corrected chi connectivity index (χ3v) is 6.95. The number of aryl methyl sites for hydroxylation is 2. The van der Waals surface area contributed by atoms with E-state index in [4.69, 9.17) is 0 Å². The molecule has 2 nitrogen and oxygen atoms in total. The van der Waals surface area contributed by atoms with Gasteiger partial charge in [-0.25, -0.2) is 0 Å². The second-order valence-electron chi connectivity index (χ2n) is 9.74. The van der Waals surface area contributed by atoms with Gasteiger partial charge in [0.25, 0.3) is 0 Å². The van der Waals surface area contributed by atoms with Gasteiger partial charge >= 0.3 is 0 Å². The van der Waals surface area contributed by atoms with Gasteiger partial charge in [0.15, 0.2) is 0 Å². The second kappa shape index (κ2) is 9.38. The summed E-state index contributed by atoms with van der Waals surface area (Å²) in [5.74, 6) is 0.719. The van der Waals surface area contributed by atoms with Gasteiger partial charge in [0.2, 0.25) is 0 Å². The molecule has 0 unspecified atom stereocenters. The summed E-state index contributed by atoms with van der Waals surface area (Å²) in [5, 5.41) is 2.71. The number of para-hydroxylation sites is 1. The summed E-state index contributed by atoms with van der Waals surface area (Å²) in [6.45, 7) is 6.84. The van der Waals surface area contributed by atoms with E-state index >= 15 is 0 Å². The van der Waals surface area contributed by atoms with Gasteiger partial charge < -0.3 is 9.47 Å². The largest absolute Gasteiger partial charge is 0.345 e. The van der Waals surface area contributed by atoms with Crippen LogP contribution in [0, 0.1) is 5.92 Å². The van der Waals surface area contributed by atoms with E-state index < -0.39 is 0 Å². The second-order valence-corrected chi connectivity index (χ2v) is 9.74. The fourth-order valence-electron chi connectivity index (χ4n) is 4.85. The van der Waals surface area contributed by atoms with Crippen LogP contribution >= 0.6 is 0 Å². The Morgan fingerprint density at radius 2 is 1.29 bits per heavy atom. The average molecular weight is 447 g/mol. The Kier molecular flexibility index (Phi) is 6.15. The van der Waals surface area contributed by atoms with Crippen molar-refractivity contribution in [2.75, 3.05) is 11.9 Å². The van der Waals surface area contributed by atoms with Crippen LogP contribution in [0.4, 0.5) is 11.4 Å². The predicted molar refractivity (Wildman–Crippen MR) is 148 cm³/mol. The summed E-state index contributed by atoms with van der Waals surface area (Å²) < 4.78 is 2.42. The van der Waals surface area contributed by atoms with Crippen LogP contribution in [-0.4, -0.2) is 11.6 Å². The molecule has 2 heteroatoms. The van der Waals surface area contributed by atoms with Crippen molar-refractivity contribution in [1.29, 1.82) is 0 Å². The minimum atomic E-state index is 0.719. The molecular formula is C32H34N2. The van der Waals surface area contributed by atoms with Crippen LogP contribution in [0.5, 0.6) is 0 Å². The zero-order valence-corrected chi connectivity index (χ0v) is 20.8. The summed E-state index contributed by atoms with van der Waals surface area (Å²) in [4.78, 5) is 2.23. The van der Waals surface area contributed by atoms with E-state index in [1.165, 1.54) is 56.4 Å². The maximum absolute atomic E-state index is 2.42. The first-order chi connectivity index (χ1) is 16.5. The number of fused-ring (bicyclic) bond motifs is 3. The minimum Gasteiger partial charge on any atom is -0.345 e. The lowest BCUT2D eigenvalue weighted by Gasteiger charge is -2.20. The molecule has 0 bridgehead atoms. The zero-order chi connectivity index (χ0) is 23.7. The maximum Gasteiger partial charge on any atom is 0.0541 e. The van der Waals surface area contributed by atoms with Gasteiger partial charge in [-0.05, 0) is 97.0 Å². The average Bonchev–Trinajstić information content (AvgIpc) is 3.20. The van der Waals surface area contributed by atoms with Crippen molar-refractivity contribution in [2.45, 2.75) is 40.0 Å². The van der Waals surface area contributed by atoms with Crippen LogP contribution in [0.1, 0.15) is 38.3 Å². The van der Waals surface area contributed by atoms with Crippen LogP contribution in [0.2, 0.25) is 0 Å². The van der Waals surface area contributed by atoms with Gasteiger partial charge in [-0.2, -0.15) is 0 Å². The Hall–Kier alpha value is -3.52. The molecule has 0 atom stereocenters. The standard InChI is InChI=1S/C32H34N2/c1-5-24-13-19-31-29(21-24)30-22-25(12-11-23(2)3)14-20-32(30)34(31)28-17-15-27(16-18-28)33(4)26-9-7-6-8-10-26/h6-10,13-23H,5,11-12H2,1-4H3. The van der Waals surface area contributed by atoms with E-state index in [-0.39, 0.29) is 0 Å². The number of nitrogens with zero attached hydrogens (tertiary/aromatic N) is 2. The van der Waals surface area contributed by atoms with E-state index in [0.29, 0.717) is 0 Å². The Morgan fingerprint density at radius 1 is 0.706 bits per heavy atom. The van der Waals surface area contributed by atoms with Crippen LogP contribution in [0.15, 0.2) is 91.0 Å². The molecule has 0 saturated carbocycles. The summed E-state index contributed by atoms with van der Waals surface area (Å²) >= 11 is 0. The van der Waals surface area contributed by atoms with E-state index in [9.17, 15) is 0 Å². The number of hydrogen-bond donors (Lipinski definition) is 0. The Balaban J connectivity index is 1.60. The molecule has 0 N–H and O–H groups in total. The van der Waals surface area contributed by atoms with Gasteiger partial charge in [-0.15, -0.1) is 0 Å². The highest BCUT2D eigenvalue weighted by atomic mass is 15.1. The van der Waals surface area contributed by atoms with Crippen molar-refractivity contribution < 1.29 is 0 Å². The lowest BCUT2D eigenvalue weighted by atomic mass is 10.0. The molecule has 0 aliphatic heterocycles. The van der Waals surface area contributed by atoms with E-state index in [2.05, 4.69) is 128 Å². The molecule has 5 rings (SSSR count). The molecule has 0 saturated heterocycles. The first-order valence-electron chi connectivity index (χ1n) is 12.5. The van der Waals surface area contributed by atoms with Crippen molar-refractivity contribution in [3.63, 3.8) is 0 Å². The number of hydrogen-bond acceptors (Lipinski definition) is 1. The third-order valence-electron chi connectivity index (χ3n) is 6.95. The maximum atomic E-state index is 2.42. The van der Waals surface area contributed by atoms with Gasteiger partial charge in [-0.3, -0.25) is 0 Å². The molecular weight excluding hydrogens is 412 g/mol. The molecule has 0 fully saturated rings. The number of aromatic nitrogens is 1. The van der Waals surface area contributed by atoms with Gasteiger partial charge in [-0.1, -0.05) is 51.1 Å². The molecule has 0 aliphatic rings. The topological polar surface area (TPSA) is 8.17 Å². The van der Waals surface area contributed by atoms with Crippen molar-refractivity contribution in [2.24, 2.45) is 5.92 Å². The number of rotatable bonds is 7. The molecule has 5 aromatic rings. The molecule has 172 valence electrons. The van der Waals surface area contributed by atoms with Gasteiger partial charge in [0.1, 0.15) is 0 Å². The quantitative estimate of drug-likeness (QED) is 0.243. The third kappa shape index (κ3) is 4.21. The van der Waals surface area contributed by atoms with Crippen molar-refractivity contribution in [3.8, 4) is 5.69 Å². The van der Waals surface area contributed by atoms with Gasteiger partial charge in [0, 0.05) is 34.9 Å². The molecule has 4 aromatic carbocycles. The number of anilines is 2. The summed E-state index contributed by atoms with van der Waals surface area (Å²) in [7, 11) is 2.12.